The molecular formula is C22H23N6O4S2-. The molecule has 0 aliphatic rings. The minimum Gasteiger partial charge on any atom is -0.450 e. The molecule has 0 fully saturated rings. The van der Waals surface area contributed by atoms with Crippen LogP contribution in [0.5, 0.6) is 0 Å². The number of aliphatic hydroxyl groups excluding tert-OH is 1. The number of aromatic nitrogens is 2. The summed E-state index contributed by atoms with van der Waals surface area (Å²) in [6.07, 6.45) is 1.12. The molecule has 34 heavy (non-hydrogen) atoms. The number of amides is 1. The maximum atomic E-state index is 12.1. The predicted molar refractivity (Wildman–Crippen MR) is 130 cm³/mol. The molecule has 0 unspecified atom stereocenters. The van der Waals surface area contributed by atoms with Crippen LogP contribution in [0.25, 0.3) is 10.4 Å². The Labute approximate surface area is 202 Å². The minimum atomic E-state index is -1.87. The molecule has 2 aromatic heterocycles. The second-order valence-electron chi connectivity index (χ2n) is 7.03. The lowest BCUT2D eigenvalue weighted by atomic mass is 10.2. The first-order chi connectivity index (χ1) is 16.4. The van der Waals surface area contributed by atoms with Gasteiger partial charge in [0.2, 0.25) is 5.95 Å². The Morgan fingerprint density at radius 2 is 2.15 bits per heavy atom. The molecule has 3 aromatic rings. The Morgan fingerprint density at radius 1 is 1.38 bits per heavy atom. The number of carbonyl (C=O) groups is 1. The molecule has 1 amide bonds. The molecule has 0 bridgehead atoms. The van der Waals surface area contributed by atoms with Crippen LogP contribution in [0.3, 0.4) is 0 Å². The van der Waals surface area contributed by atoms with E-state index in [0.29, 0.717) is 28.8 Å². The molecule has 0 aliphatic carbocycles. The molecule has 0 aliphatic heterocycles. The highest BCUT2D eigenvalue weighted by atomic mass is 32.2. The van der Waals surface area contributed by atoms with Crippen molar-refractivity contribution in [2.75, 3.05) is 23.8 Å². The van der Waals surface area contributed by atoms with Crippen molar-refractivity contribution in [3.63, 3.8) is 0 Å². The van der Waals surface area contributed by atoms with Crippen LogP contribution in [0, 0.1) is 11.3 Å². The molecule has 0 saturated carbocycles. The third-order valence-electron chi connectivity index (χ3n) is 4.39. The molecular weight excluding hydrogens is 476 g/mol. The van der Waals surface area contributed by atoms with Crippen LogP contribution < -0.4 is 10.6 Å². The van der Waals surface area contributed by atoms with Gasteiger partial charge in [0.1, 0.15) is 5.82 Å². The highest BCUT2D eigenvalue weighted by Gasteiger charge is 2.14. The molecule has 12 heteroatoms. The second kappa shape index (κ2) is 12.1. The van der Waals surface area contributed by atoms with Crippen molar-refractivity contribution in [3.8, 4) is 16.5 Å². The van der Waals surface area contributed by atoms with E-state index in [1.807, 2.05) is 18.4 Å². The van der Waals surface area contributed by atoms with Gasteiger partial charge in [0.25, 0.3) is 0 Å². The number of anilines is 3. The van der Waals surface area contributed by atoms with Crippen molar-refractivity contribution in [1.82, 2.24) is 9.97 Å². The first-order valence-electron chi connectivity index (χ1n) is 10.3. The van der Waals surface area contributed by atoms with Crippen molar-refractivity contribution >= 4 is 45.5 Å². The van der Waals surface area contributed by atoms with Crippen molar-refractivity contribution in [2.24, 2.45) is 4.36 Å². The van der Waals surface area contributed by atoms with Crippen molar-refractivity contribution < 1.29 is 18.8 Å². The smallest absolute Gasteiger partial charge is 0.410 e. The first kappa shape index (κ1) is 25.1. The third kappa shape index (κ3) is 6.74. The number of thiophene rings is 1. The van der Waals surface area contributed by atoms with Gasteiger partial charge in [0.05, 0.1) is 31.3 Å². The maximum absolute atomic E-state index is 12.1. The van der Waals surface area contributed by atoms with Crippen molar-refractivity contribution in [3.05, 3.63) is 47.5 Å². The Hall–Kier alpha value is -3.53. The molecule has 0 saturated heterocycles. The van der Waals surface area contributed by atoms with Crippen LogP contribution in [-0.2, 0) is 26.0 Å². The van der Waals surface area contributed by atoms with Gasteiger partial charge in [-0.2, -0.15) is 10.2 Å². The van der Waals surface area contributed by atoms with Crippen LogP contribution >= 0.6 is 11.3 Å². The molecule has 3 N–H and O–H groups in total. The van der Waals surface area contributed by atoms with E-state index in [1.54, 1.807) is 37.4 Å². The summed E-state index contributed by atoms with van der Waals surface area (Å²) in [7, 11) is -1.87. The van der Waals surface area contributed by atoms with E-state index in [4.69, 9.17) is 5.26 Å². The standard InChI is InChI=1S/C22H23N6O4S2/c1-3-32-22(30)28-34(31)17-6-4-16(5-7-17)26-21-24-11-18(20(27-21)25-14(2)12-29)19-10-15(8-9-23)13-33-19/h4-7,10-11,13-14,29H,3,8,12H2,1-2H3,(H2,24,25,26,27)/q-1/t14-/m1/s1. The Balaban J connectivity index is 1.83. The van der Waals surface area contributed by atoms with E-state index in [2.05, 4.69) is 35.8 Å². The molecule has 3 rings (SSSR count). The fourth-order valence-corrected chi connectivity index (χ4v) is 4.35. The van der Waals surface area contributed by atoms with Crippen molar-refractivity contribution in [2.45, 2.75) is 31.2 Å². The summed E-state index contributed by atoms with van der Waals surface area (Å²) >= 11 is 1.49. The summed E-state index contributed by atoms with van der Waals surface area (Å²) in [5.41, 5.74) is 2.31. The van der Waals surface area contributed by atoms with Gasteiger partial charge in [-0.05, 0) is 43.0 Å². The van der Waals surface area contributed by atoms with Crippen LogP contribution in [0.1, 0.15) is 19.4 Å². The lowest BCUT2D eigenvalue weighted by Gasteiger charge is -2.16. The number of rotatable bonds is 9. The zero-order valence-corrected chi connectivity index (χ0v) is 20.2. The van der Waals surface area contributed by atoms with Crippen molar-refractivity contribution in [1.29, 1.82) is 5.26 Å². The zero-order valence-electron chi connectivity index (χ0n) is 18.5. The zero-order chi connectivity index (χ0) is 24.5. The fourth-order valence-electron chi connectivity index (χ4n) is 2.77. The van der Waals surface area contributed by atoms with Gasteiger partial charge in [0, 0.05) is 22.8 Å². The molecule has 0 spiro atoms. The number of aliphatic hydroxyl groups is 1. The number of nitriles is 1. The average Bonchev–Trinajstić information content (AvgIpc) is 3.28. The normalized spacial score (nSPS) is 12.5. The van der Waals surface area contributed by atoms with Gasteiger partial charge in [-0.25, -0.2) is 9.78 Å². The van der Waals surface area contributed by atoms with E-state index in [0.717, 1.165) is 16.0 Å². The van der Waals surface area contributed by atoms with Gasteiger partial charge in [0.15, 0.2) is 0 Å². The molecule has 2 heterocycles. The highest BCUT2D eigenvalue weighted by Crippen LogP contribution is 2.33. The van der Waals surface area contributed by atoms with E-state index in [9.17, 15) is 14.1 Å². The number of hydrogen-bond donors (Lipinski definition) is 3. The summed E-state index contributed by atoms with van der Waals surface area (Å²) in [5, 5.41) is 26.6. The largest absolute Gasteiger partial charge is 0.450 e. The predicted octanol–water partition coefficient (Wildman–Crippen LogP) is 4.47. The number of hydrogen-bond acceptors (Lipinski definition) is 11. The summed E-state index contributed by atoms with van der Waals surface area (Å²) in [6, 6.07) is 10.3. The summed E-state index contributed by atoms with van der Waals surface area (Å²) in [5.74, 6) is 0.852. The lowest BCUT2D eigenvalue weighted by molar-refractivity contribution is 0.164. The monoisotopic (exact) mass is 499 g/mol. The Bertz CT molecular complexity index is 1260. The third-order valence-corrected chi connectivity index (χ3v) is 6.39. The average molecular weight is 500 g/mol. The summed E-state index contributed by atoms with van der Waals surface area (Å²) in [4.78, 5) is 21.6. The molecule has 1 atom stereocenters. The lowest BCUT2D eigenvalue weighted by Crippen LogP contribution is -2.21. The molecule has 178 valence electrons. The minimum absolute atomic E-state index is 0.0776. The van der Waals surface area contributed by atoms with E-state index >= 15 is 0 Å². The van der Waals surface area contributed by atoms with E-state index < -0.39 is 16.7 Å². The van der Waals surface area contributed by atoms with Gasteiger partial charge in [-0.3, -0.25) is 4.36 Å². The number of benzene rings is 1. The van der Waals surface area contributed by atoms with Gasteiger partial charge in [-0.15, -0.1) is 21.9 Å². The van der Waals surface area contributed by atoms with Crippen LogP contribution in [-0.4, -0.2) is 40.4 Å². The quantitative estimate of drug-likeness (QED) is 0.362. The summed E-state index contributed by atoms with van der Waals surface area (Å²) in [6.45, 7) is 3.55. The van der Waals surface area contributed by atoms with Gasteiger partial charge >= 0.3 is 6.09 Å². The fraction of sp³-hybridized carbons (Fsp3) is 0.273. The molecule has 0 radical (unpaired) electrons. The maximum Gasteiger partial charge on any atom is 0.410 e. The Morgan fingerprint density at radius 3 is 2.82 bits per heavy atom. The molecule has 1 aromatic carbocycles. The Kier molecular flexibility index (Phi) is 8.92. The highest BCUT2D eigenvalue weighted by molar-refractivity contribution is 7.75. The first-order valence-corrected chi connectivity index (χ1v) is 12.3. The second-order valence-corrected chi connectivity index (χ2v) is 9.09. The number of carbonyl (C=O) groups excluding carboxylic acids is 1. The van der Waals surface area contributed by atoms with Gasteiger partial charge in [-0.1, -0.05) is 17.0 Å². The summed E-state index contributed by atoms with van der Waals surface area (Å²) < 4.78 is 20.3. The van der Waals surface area contributed by atoms with Crippen LogP contribution in [0.4, 0.5) is 22.2 Å². The van der Waals surface area contributed by atoms with E-state index in [-0.39, 0.29) is 19.3 Å². The molecule has 10 nitrogen and oxygen atoms in total. The SMILES string of the molecule is CCOC(=O)N=[S-](=O)c1ccc(Nc2ncc(-c3cc(CC#N)cs3)c(N[C@H](C)CO)n2)cc1. The number of nitrogens with zero attached hydrogens (tertiary/aromatic N) is 4. The van der Waals surface area contributed by atoms with Crippen LogP contribution in [0.15, 0.2) is 51.2 Å². The number of nitrogens with one attached hydrogen (secondary N) is 2. The topological polar surface area (TPSA) is 150 Å². The van der Waals surface area contributed by atoms with E-state index in [1.165, 1.54) is 11.3 Å². The van der Waals surface area contributed by atoms with Crippen LogP contribution in [0.2, 0.25) is 0 Å². The van der Waals surface area contributed by atoms with Gasteiger partial charge < -0.3 is 24.7 Å². The number of ether oxygens (including phenoxy) is 1.